The number of nitrogens with zero attached hydrogens (tertiary/aromatic N) is 7. The Morgan fingerprint density at radius 2 is 1.82 bits per heavy atom. The van der Waals surface area contributed by atoms with Gasteiger partial charge in [-0.05, 0) is 68.9 Å². The summed E-state index contributed by atoms with van der Waals surface area (Å²) in [7, 11) is 0. The Bertz CT molecular complexity index is 1700. The summed E-state index contributed by atoms with van der Waals surface area (Å²) >= 11 is 6.04. The monoisotopic (exact) mass is 542 g/mol. The number of halogens is 1. The van der Waals surface area contributed by atoms with Crippen LogP contribution in [0.2, 0.25) is 5.02 Å². The molecule has 39 heavy (non-hydrogen) atoms. The Labute approximate surface area is 229 Å². The number of rotatable bonds is 6. The van der Waals surface area contributed by atoms with Crippen molar-refractivity contribution in [1.82, 2.24) is 39.4 Å². The summed E-state index contributed by atoms with van der Waals surface area (Å²) in [5.74, 6) is 1.28. The van der Waals surface area contributed by atoms with Crippen molar-refractivity contribution in [2.45, 2.75) is 45.2 Å². The lowest BCUT2D eigenvalue weighted by Crippen LogP contribution is -2.39. The Kier molecular flexibility index (Phi) is 6.70. The summed E-state index contributed by atoms with van der Waals surface area (Å²) in [5, 5.41) is 11.4. The van der Waals surface area contributed by atoms with Gasteiger partial charge in [-0.2, -0.15) is 0 Å². The third-order valence-electron chi connectivity index (χ3n) is 7.36. The Morgan fingerprint density at radius 1 is 1.05 bits per heavy atom. The van der Waals surface area contributed by atoms with Crippen molar-refractivity contribution < 1.29 is 4.79 Å². The third-order valence-corrected chi connectivity index (χ3v) is 7.57. The molecule has 4 aromatic heterocycles. The maximum Gasteiger partial charge on any atom is 0.334 e. The number of hydrogen-bond acceptors (Lipinski definition) is 6. The highest BCUT2D eigenvalue weighted by molar-refractivity contribution is 6.30. The Hall–Kier alpha value is -4.31. The highest BCUT2D eigenvalue weighted by atomic mass is 35.5. The molecule has 0 saturated heterocycles. The van der Waals surface area contributed by atoms with Gasteiger partial charge in [-0.25, -0.2) is 19.0 Å². The third kappa shape index (κ3) is 4.95. The minimum Gasteiger partial charge on any atom is -0.349 e. The topological polar surface area (TPSA) is 113 Å². The smallest absolute Gasteiger partial charge is 0.334 e. The van der Waals surface area contributed by atoms with Gasteiger partial charge in [0.2, 0.25) is 0 Å². The maximum absolute atomic E-state index is 13.8. The van der Waals surface area contributed by atoms with Crippen molar-refractivity contribution in [2.75, 3.05) is 0 Å². The molecule has 1 N–H and O–H groups in total. The molecule has 10 nitrogen and oxygen atoms in total. The van der Waals surface area contributed by atoms with E-state index < -0.39 is 0 Å². The Balaban J connectivity index is 1.20. The maximum atomic E-state index is 13.8. The fraction of sp³-hybridized carbons (Fsp3) is 0.286. The molecule has 1 saturated carbocycles. The fourth-order valence-corrected chi connectivity index (χ4v) is 5.51. The van der Waals surface area contributed by atoms with Gasteiger partial charge in [0.05, 0.1) is 39.7 Å². The lowest BCUT2D eigenvalue weighted by atomic mass is 9.85. The first kappa shape index (κ1) is 25.0. The molecule has 6 rings (SSSR count). The van der Waals surface area contributed by atoms with Gasteiger partial charge in [-0.15, -0.1) is 5.10 Å². The van der Waals surface area contributed by atoms with E-state index >= 15 is 0 Å². The number of nitrogens with one attached hydrogen (secondary N) is 1. The van der Waals surface area contributed by atoms with E-state index in [0.717, 1.165) is 36.7 Å². The number of aromatic nitrogens is 7. The van der Waals surface area contributed by atoms with Crippen LogP contribution in [0.15, 0.2) is 71.9 Å². The van der Waals surface area contributed by atoms with Gasteiger partial charge in [0.1, 0.15) is 5.82 Å². The second-order valence-corrected chi connectivity index (χ2v) is 10.3. The number of hydrogen-bond donors (Lipinski definition) is 1. The SMILES string of the molecule is Cc1ncc(Cl)cc1C(=O)NC1CCC(Cn2c(=O)n(-c3cccc(-n4ccnn4)n3)c3ccccc32)CC1. The van der Waals surface area contributed by atoms with Crippen molar-refractivity contribution in [2.24, 2.45) is 5.92 Å². The molecule has 1 amide bonds. The molecule has 0 unspecified atom stereocenters. The molecule has 11 heteroatoms. The van der Waals surface area contributed by atoms with Gasteiger partial charge in [0, 0.05) is 18.8 Å². The molecule has 0 bridgehead atoms. The summed E-state index contributed by atoms with van der Waals surface area (Å²) in [6, 6.07) is 15.0. The lowest BCUT2D eigenvalue weighted by Gasteiger charge is -2.29. The van der Waals surface area contributed by atoms with E-state index in [-0.39, 0.29) is 17.6 Å². The molecule has 1 fully saturated rings. The van der Waals surface area contributed by atoms with Crippen molar-refractivity contribution >= 4 is 28.5 Å². The number of imidazole rings is 1. The van der Waals surface area contributed by atoms with Crippen LogP contribution in [0.5, 0.6) is 0 Å². The zero-order valence-corrected chi connectivity index (χ0v) is 22.1. The standard InChI is InChI=1S/C28H27ClN8O2/c1-18-22(15-20(29)16-30-18)27(38)32-21-11-9-19(10-12-21)17-35-23-5-2-3-6-24(23)37(28(35)39)26-8-4-7-25(33-26)36-14-13-31-34-36/h2-8,13-16,19,21H,9-12,17H2,1H3,(H,32,38). The van der Waals surface area contributed by atoms with Crippen LogP contribution in [0.25, 0.3) is 22.7 Å². The fourth-order valence-electron chi connectivity index (χ4n) is 5.35. The number of amides is 1. The van der Waals surface area contributed by atoms with Gasteiger partial charge < -0.3 is 5.32 Å². The van der Waals surface area contributed by atoms with E-state index in [4.69, 9.17) is 11.6 Å². The molecule has 0 spiro atoms. The van der Waals surface area contributed by atoms with Crippen molar-refractivity contribution in [3.63, 3.8) is 0 Å². The van der Waals surface area contributed by atoms with E-state index in [1.807, 2.05) is 47.0 Å². The molecule has 1 aliphatic rings. The van der Waals surface area contributed by atoms with Gasteiger partial charge in [-0.1, -0.05) is 35.0 Å². The van der Waals surface area contributed by atoms with E-state index in [1.54, 1.807) is 40.8 Å². The number of carbonyl (C=O) groups excluding carboxylic acids is 1. The molecule has 1 aromatic carbocycles. The minimum absolute atomic E-state index is 0.0777. The van der Waals surface area contributed by atoms with Crippen LogP contribution >= 0.6 is 11.6 Å². The first-order chi connectivity index (χ1) is 19.0. The largest absolute Gasteiger partial charge is 0.349 e. The first-order valence-electron chi connectivity index (χ1n) is 13.0. The molecule has 0 radical (unpaired) electrons. The molecule has 0 atom stereocenters. The second kappa shape index (κ2) is 10.5. The number of fused-ring (bicyclic) bond motifs is 1. The predicted octanol–water partition coefficient (Wildman–Crippen LogP) is 4.11. The molecule has 198 valence electrons. The molecule has 1 aliphatic carbocycles. The first-order valence-corrected chi connectivity index (χ1v) is 13.3. The normalized spacial score (nSPS) is 17.4. The number of carbonyl (C=O) groups is 1. The summed E-state index contributed by atoms with van der Waals surface area (Å²) in [6.45, 7) is 2.41. The van der Waals surface area contributed by atoms with E-state index in [0.29, 0.717) is 40.4 Å². The van der Waals surface area contributed by atoms with Crippen molar-refractivity contribution in [3.8, 4) is 11.6 Å². The quantitative estimate of drug-likeness (QED) is 0.345. The number of benzene rings is 1. The van der Waals surface area contributed by atoms with E-state index in [9.17, 15) is 9.59 Å². The average Bonchev–Trinajstić information content (AvgIpc) is 3.58. The second-order valence-electron chi connectivity index (χ2n) is 9.90. The summed E-state index contributed by atoms with van der Waals surface area (Å²) in [5.41, 5.74) is 2.71. The van der Waals surface area contributed by atoms with Gasteiger partial charge in [-0.3, -0.25) is 14.3 Å². The van der Waals surface area contributed by atoms with Gasteiger partial charge >= 0.3 is 5.69 Å². The summed E-state index contributed by atoms with van der Waals surface area (Å²) in [4.78, 5) is 35.5. The predicted molar refractivity (Wildman–Crippen MR) is 147 cm³/mol. The van der Waals surface area contributed by atoms with Crippen molar-refractivity contribution in [1.29, 1.82) is 0 Å². The van der Waals surface area contributed by atoms with Crippen LogP contribution in [0.4, 0.5) is 0 Å². The van der Waals surface area contributed by atoms with Crippen LogP contribution in [0.3, 0.4) is 0 Å². The minimum atomic E-state index is -0.147. The highest BCUT2D eigenvalue weighted by Crippen LogP contribution is 2.28. The van der Waals surface area contributed by atoms with Crippen LogP contribution in [0.1, 0.15) is 41.7 Å². The van der Waals surface area contributed by atoms with E-state index in [2.05, 4.69) is 25.6 Å². The average molecular weight is 543 g/mol. The Morgan fingerprint density at radius 3 is 2.59 bits per heavy atom. The molecular weight excluding hydrogens is 516 g/mol. The van der Waals surface area contributed by atoms with E-state index in [1.165, 1.54) is 0 Å². The molecule has 0 aliphatic heterocycles. The number of pyridine rings is 2. The number of aryl methyl sites for hydroxylation is 1. The highest BCUT2D eigenvalue weighted by Gasteiger charge is 2.26. The zero-order valence-electron chi connectivity index (χ0n) is 21.4. The summed E-state index contributed by atoms with van der Waals surface area (Å²) < 4.78 is 5.07. The van der Waals surface area contributed by atoms with Crippen LogP contribution in [-0.4, -0.2) is 46.0 Å². The van der Waals surface area contributed by atoms with Crippen LogP contribution < -0.4 is 11.0 Å². The molecule has 5 aromatic rings. The van der Waals surface area contributed by atoms with Gasteiger partial charge in [0.15, 0.2) is 5.82 Å². The molecular formula is C28H27ClN8O2. The zero-order chi connectivity index (χ0) is 26.9. The van der Waals surface area contributed by atoms with Crippen LogP contribution in [-0.2, 0) is 6.54 Å². The number of para-hydroxylation sites is 2. The molecule has 4 heterocycles. The van der Waals surface area contributed by atoms with Crippen molar-refractivity contribution in [3.05, 3.63) is 93.9 Å². The lowest BCUT2D eigenvalue weighted by molar-refractivity contribution is 0.0919. The van der Waals surface area contributed by atoms with Gasteiger partial charge in [0.25, 0.3) is 5.91 Å². The summed E-state index contributed by atoms with van der Waals surface area (Å²) in [6.07, 6.45) is 8.34. The van der Waals surface area contributed by atoms with Crippen LogP contribution in [0, 0.1) is 12.8 Å².